The maximum absolute atomic E-state index is 5.39. The van der Waals surface area contributed by atoms with E-state index < -0.39 is 0 Å². The zero-order chi connectivity index (χ0) is 6.53. The Morgan fingerprint density at radius 2 is 2.56 bits per heavy atom. The van der Waals surface area contributed by atoms with Crippen LogP contribution in [0.1, 0.15) is 13.3 Å². The molecule has 1 unspecified atom stereocenters. The van der Waals surface area contributed by atoms with Gasteiger partial charge in [0.15, 0.2) is 0 Å². The molecule has 0 bridgehead atoms. The standard InChI is InChI=1S/C7H12OS/c1-2-4-7-8-5-3-6-9-7/h2,4,7H,3,5-6H2,1H3. The number of hydrogen-bond donors (Lipinski definition) is 0. The molecule has 1 aliphatic rings. The van der Waals surface area contributed by atoms with Gasteiger partial charge >= 0.3 is 0 Å². The summed E-state index contributed by atoms with van der Waals surface area (Å²) in [7, 11) is 0. The van der Waals surface area contributed by atoms with Crippen molar-refractivity contribution in [2.75, 3.05) is 12.4 Å². The van der Waals surface area contributed by atoms with E-state index in [0.29, 0.717) is 5.44 Å². The second-order valence-corrected chi connectivity index (χ2v) is 3.20. The summed E-state index contributed by atoms with van der Waals surface area (Å²) in [6.45, 7) is 2.96. The van der Waals surface area contributed by atoms with Crippen LogP contribution in [0.25, 0.3) is 0 Å². The molecule has 0 aromatic rings. The zero-order valence-electron chi connectivity index (χ0n) is 5.67. The van der Waals surface area contributed by atoms with Gasteiger partial charge in [-0.1, -0.05) is 12.2 Å². The third-order valence-electron chi connectivity index (χ3n) is 1.20. The third kappa shape index (κ3) is 2.41. The highest BCUT2D eigenvalue weighted by Crippen LogP contribution is 2.19. The molecule has 1 saturated heterocycles. The van der Waals surface area contributed by atoms with E-state index in [9.17, 15) is 0 Å². The number of ether oxygens (including phenoxy) is 1. The highest BCUT2D eigenvalue weighted by Gasteiger charge is 2.08. The van der Waals surface area contributed by atoms with Gasteiger partial charge in [0, 0.05) is 6.61 Å². The van der Waals surface area contributed by atoms with Gasteiger partial charge in [-0.3, -0.25) is 0 Å². The Morgan fingerprint density at radius 3 is 3.11 bits per heavy atom. The van der Waals surface area contributed by atoms with E-state index in [-0.39, 0.29) is 0 Å². The van der Waals surface area contributed by atoms with Crippen LogP contribution < -0.4 is 0 Å². The summed E-state index contributed by atoms with van der Waals surface area (Å²) in [4.78, 5) is 0. The summed E-state index contributed by atoms with van der Waals surface area (Å²) < 4.78 is 5.39. The fraction of sp³-hybridized carbons (Fsp3) is 0.714. The molecule has 0 aliphatic carbocycles. The SMILES string of the molecule is CC=CC1OCCCS1. The highest BCUT2D eigenvalue weighted by atomic mass is 32.2. The first kappa shape index (κ1) is 7.16. The first-order valence-corrected chi connectivity index (χ1v) is 4.34. The van der Waals surface area contributed by atoms with Gasteiger partial charge in [-0.15, -0.1) is 11.8 Å². The lowest BCUT2D eigenvalue weighted by atomic mass is 10.5. The predicted molar refractivity (Wildman–Crippen MR) is 41.6 cm³/mol. The topological polar surface area (TPSA) is 9.23 Å². The summed E-state index contributed by atoms with van der Waals surface area (Å²) in [6.07, 6.45) is 5.35. The molecule has 1 heterocycles. The fourth-order valence-electron chi connectivity index (χ4n) is 0.774. The molecule has 1 atom stereocenters. The quantitative estimate of drug-likeness (QED) is 0.521. The first-order valence-electron chi connectivity index (χ1n) is 3.29. The van der Waals surface area contributed by atoms with Crippen molar-refractivity contribution < 1.29 is 4.74 Å². The molecule has 0 aromatic heterocycles. The lowest BCUT2D eigenvalue weighted by molar-refractivity contribution is 0.133. The van der Waals surface area contributed by atoms with Crippen LogP contribution in [0.3, 0.4) is 0 Å². The molecule has 0 N–H and O–H groups in total. The molecule has 0 radical (unpaired) electrons. The Balaban J connectivity index is 2.23. The van der Waals surface area contributed by atoms with E-state index in [0.717, 1.165) is 6.61 Å². The van der Waals surface area contributed by atoms with E-state index in [1.165, 1.54) is 12.2 Å². The van der Waals surface area contributed by atoms with Crippen molar-refractivity contribution in [3.05, 3.63) is 12.2 Å². The van der Waals surface area contributed by atoms with Crippen LogP contribution in [-0.2, 0) is 4.74 Å². The van der Waals surface area contributed by atoms with Crippen molar-refractivity contribution in [2.45, 2.75) is 18.8 Å². The van der Waals surface area contributed by atoms with E-state index in [1.807, 2.05) is 24.8 Å². The van der Waals surface area contributed by atoms with Crippen molar-refractivity contribution in [1.29, 1.82) is 0 Å². The average molecular weight is 144 g/mol. The van der Waals surface area contributed by atoms with Gasteiger partial charge in [-0.25, -0.2) is 0 Å². The van der Waals surface area contributed by atoms with Crippen LogP contribution in [-0.4, -0.2) is 17.8 Å². The maximum Gasteiger partial charge on any atom is 0.121 e. The number of rotatable bonds is 1. The minimum atomic E-state index is 0.337. The van der Waals surface area contributed by atoms with Crippen LogP contribution in [0.4, 0.5) is 0 Å². The Hall–Kier alpha value is 0.0500. The van der Waals surface area contributed by atoms with Gasteiger partial charge in [0.25, 0.3) is 0 Å². The lowest BCUT2D eigenvalue weighted by Crippen LogP contribution is -2.13. The van der Waals surface area contributed by atoms with Gasteiger partial charge in [-0.05, 0) is 19.1 Å². The fourth-order valence-corrected chi connectivity index (χ4v) is 1.75. The van der Waals surface area contributed by atoms with E-state index >= 15 is 0 Å². The molecule has 1 aliphatic heterocycles. The monoisotopic (exact) mass is 144 g/mol. The van der Waals surface area contributed by atoms with Gasteiger partial charge in [0.1, 0.15) is 5.44 Å². The van der Waals surface area contributed by atoms with E-state index in [1.54, 1.807) is 0 Å². The van der Waals surface area contributed by atoms with Crippen molar-refractivity contribution >= 4 is 11.8 Å². The second-order valence-electron chi connectivity index (χ2n) is 1.99. The van der Waals surface area contributed by atoms with Crippen LogP contribution in [0, 0.1) is 0 Å². The van der Waals surface area contributed by atoms with Crippen molar-refractivity contribution in [3.63, 3.8) is 0 Å². The number of hydrogen-bond acceptors (Lipinski definition) is 2. The molecule has 0 amide bonds. The summed E-state index contributed by atoms with van der Waals surface area (Å²) in [6, 6.07) is 0. The van der Waals surface area contributed by atoms with Gasteiger partial charge in [0.2, 0.25) is 0 Å². The molecule has 0 spiro atoms. The minimum Gasteiger partial charge on any atom is -0.363 e. The molecule has 1 nitrogen and oxygen atoms in total. The number of thioether (sulfide) groups is 1. The molecular weight excluding hydrogens is 132 g/mol. The van der Waals surface area contributed by atoms with Crippen LogP contribution in [0.5, 0.6) is 0 Å². The van der Waals surface area contributed by atoms with Gasteiger partial charge in [0.05, 0.1) is 0 Å². The van der Waals surface area contributed by atoms with E-state index in [4.69, 9.17) is 4.74 Å². The first-order chi connectivity index (χ1) is 4.43. The Bertz CT molecular complexity index is 95.1. The second kappa shape index (κ2) is 3.96. The molecule has 9 heavy (non-hydrogen) atoms. The maximum atomic E-state index is 5.39. The third-order valence-corrected chi connectivity index (χ3v) is 2.35. The molecule has 1 rings (SSSR count). The molecule has 0 aromatic carbocycles. The largest absolute Gasteiger partial charge is 0.363 e. The molecular formula is C7H12OS. The van der Waals surface area contributed by atoms with Crippen LogP contribution in [0.15, 0.2) is 12.2 Å². The Labute approximate surface area is 60.5 Å². The summed E-state index contributed by atoms with van der Waals surface area (Å²) in [5.41, 5.74) is 0.337. The Morgan fingerprint density at radius 1 is 1.67 bits per heavy atom. The van der Waals surface area contributed by atoms with Crippen LogP contribution >= 0.6 is 11.8 Å². The molecule has 0 saturated carbocycles. The number of allylic oxidation sites excluding steroid dienone is 1. The van der Waals surface area contributed by atoms with E-state index in [2.05, 4.69) is 6.08 Å². The Kier molecular flexibility index (Phi) is 3.15. The van der Waals surface area contributed by atoms with Crippen molar-refractivity contribution in [2.24, 2.45) is 0 Å². The molecule has 2 heteroatoms. The molecule has 52 valence electrons. The summed E-state index contributed by atoms with van der Waals surface area (Å²) in [5.74, 6) is 1.25. The van der Waals surface area contributed by atoms with Gasteiger partial charge in [-0.2, -0.15) is 0 Å². The smallest absolute Gasteiger partial charge is 0.121 e. The zero-order valence-corrected chi connectivity index (χ0v) is 6.49. The highest BCUT2D eigenvalue weighted by molar-refractivity contribution is 7.99. The summed E-state index contributed by atoms with van der Waals surface area (Å²) >= 11 is 1.88. The minimum absolute atomic E-state index is 0.337. The summed E-state index contributed by atoms with van der Waals surface area (Å²) in [5, 5.41) is 0. The average Bonchev–Trinajstić information content (AvgIpc) is 1.91. The van der Waals surface area contributed by atoms with Crippen LogP contribution in [0.2, 0.25) is 0 Å². The van der Waals surface area contributed by atoms with Gasteiger partial charge < -0.3 is 4.74 Å². The predicted octanol–water partition coefficient (Wildman–Crippen LogP) is 2.04. The lowest BCUT2D eigenvalue weighted by Gasteiger charge is -2.18. The normalized spacial score (nSPS) is 29.2. The molecule has 1 fully saturated rings. The van der Waals surface area contributed by atoms with Crippen molar-refractivity contribution in [3.8, 4) is 0 Å². The van der Waals surface area contributed by atoms with Crippen molar-refractivity contribution in [1.82, 2.24) is 0 Å².